The predicted molar refractivity (Wildman–Crippen MR) is 69.6 cm³/mol. The molecule has 0 spiro atoms. The fourth-order valence-electron chi connectivity index (χ4n) is 2.75. The molecule has 0 bridgehead atoms. The van der Waals surface area contributed by atoms with Crippen LogP contribution in [0.1, 0.15) is 24.8 Å². The third-order valence-electron chi connectivity index (χ3n) is 4.02. The molecule has 0 saturated heterocycles. The molecule has 1 unspecified atom stereocenters. The maximum Gasteiger partial charge on any atom is 0.191 e. The molecule has 1 heterocycles. The summed E-state index contributed by atoms with van der Waals surface area (Å²) in [5.41, 5.74) is 7.33. The van der Waals surface area contributed by atoms with Gasteiger partial charge in [-0.1, -0.05) is 36.8 Å². The molecule has 1 aliphatic carbocycles. The zero-order valence-corrected chi connectivity index (χ0v) is 10.0. The zero-order chi connectivity index (χ0) is 11.7. The van der Waals surface area contributed by atoms with Gasteiger partial charge in [0.25, 0.3) is 0 Å². The Kier molecular flexibility index (Phi) is 2.75. The van der Waals surface area contributed by atoms with Crippen LogP contribution in [0.5, 0.6) is 0 Å². The fourth-order valence-corrected chi connectivity index (χ4v) is 2.75. The van der Waals surface area contributed by atoms with Crippen molar-refractivity contribution in [2.75, 3.05) is 6.54 Å². The number of hydrogen-bond acceptors (Lipinski definition) is 3. The molecule has 17 heavy (non-hydrogen) atoms. The minimum absolute atomic E-state index is 0.545. The van der Waals surface area contributed by atoms with Crippen LogP contribution in [0.4, 0.5) is 0 Å². The van der Waals surface area contributed by atoms with E-state index in [1.807, 2.05) is 6.07 Å². The van der Waals surface area contributed by atoms with Crippen molar-refractivity contribution in [3.8, 4) is 0 Å². The Bertz CT molecular complexity index is 409. The Morgan fingerprint density at radius 1 is 1.24 bits per heavy atom. The molecule has 3 heteroatoms. The highest BCUT2D eigenvalue weighted by atomic mass is 15.3. The molecule has 3 nitrogen and oxygen atoms in total. The van der Waals surface area contributed by atoms with E-state index in [0.29, 0.717) is 6.04 Å². The van der Waals surface area contributed by atoms with E-state index in [9.17, 15) is 0 Å². The Labute approximate surface area is 102 Å². The lowest BCUT2D eigenvalue weighted by atomic mass is 9.79. The second kappa shape index (κ2) is 4.40. The molecule has 1 aliphatic heterocycles. The summed E-state index contributed by atoms with van der Waals surface area (Å²) in [6.07, 6.45) is 4.07. The second-order valence-corrected chi connectivity index (χ2v) is 5.07. The zero-order valence-electron chi connectivity index (χ0n) is 10.0. The Hall–Kier alpha value is -1.51. The number of nitrogens with two attached hydrogens (primary N) is 1. The molecule has 1 fully saturated rings. The number of guanidine groups is 1. The van der Waals surface area contributed by atoms with Gasteiger partial charge in [0.1, 0.15) is 0 Å². The van der Waals surface area contributed by atoms with Gasteiger partial charge < -0.3 is 10.6 Å². The average molecular weight is 229 g/mol. The van der Waals surface area contributed by atoms with Gasteiger partial charge in [0, 0.05) is 6.54 Å². The van der Waals surface area contributed by atoms with Crippen LogP contribution in [0.2, 0.25) is 0 Å². The lowest BCUT2D eigenvalue weighted by molar-refractivity contribution is 0.166. The van der Waals surface area contributed by atoms with E-state index in [2.05, 4.69) is 34.2 Å². The van der Waals surface area contributed by atoms with E-state index in [4.69, 9.17) is 5.73 Å². The average Bonchev–Trinajstić information content (AvgIpc) is 2.61. The van der Waals surface area contributed by atoms with Crippen molar-refractivity contribution < 1.29 is 0 Å². The smallest absolute Gasteiger partial charge is 0.191 e. The maximum absolute atomic E-state index is 6.01. The van der Waals surface area contributed by atoms with Gasteiger partial charge in [-0.2, -0.15) is 0 Å². The molecule has 90 valence electrons. The molecule has 1 atom stereocenters. The molecule has 2 N–H and O–H groups in total. The highest BCUT2D eigenvalue weighted by Crippen LogP contribution is 2.34. The van der Waals surface area contributed by atoms with Crippen LogP contribution in [0, 0.1) is 5.92 Å². The normalized spacial score (nSPS) is 24.6. The molecule has 3 rings (SSSR count). The van der Waals surface area contributed by atoms with Crippen LogP contribution in [-0.4, -0.2) is 23.4 Å². The summed E-state index contributed by atoms with van der Waals surface area (Å²) in [5, 5.41) is 0. The van der Waals surface area contributed by atoms with Gasteiger partial charge in [-0.05, 0) is 24.3 Å². The van der Waals surface area contributed by atoms with Crippen molar-refractivity contribution >= 4 is 5.96 Å². The molecule has 0 aromatic heterocycles. The first-order chi connectivity index (χ1) is 8.34. The standard InChI is InChI=1S/C14H19N3/c15-14-16-9-13(12-7-4-8-12)17(14)10-11-5-2-1-3-6-11/h1-3,5-6,12-13H,4,7-10H2,(H2,15,16). The number of rotatable bonds is 3. The van der Waals surface area contributed by atoms with Crippen LogP contribution in [0.3, 0.4) is 0 Å². The quantitative estimate of drug-likeness (QED) is 0.861. The minimum atomic E-state index is 0.545. The first-order valence-electron chi connectivity index (χ1n) is 6.45. The molecule has 0 amide bonds. The summed E-state index contributed by atoms with van der Waals surface area (Å²) in [7, 11) is 0. The van der Waals surface area contributed by atoms with E-state index >= 15 is 0 Å². The summed E-state index contributed by atoms with van der Waals surface area (Å²) in [5.74, 6) is 1.54. The predicted octanol–water partition coefficient (Wildman–Crippen LogP) is 1.99. The number of aliphatic imine (C=N–C) groups is 1. The van der Waals surface area contributed by atoms with Crippen molar-refractivity contribution in [2.24, 2.45) is 16.6 Å². The monoisotopic (exact) mass is 229 g/mol. The van der Waals surface area contributed by atoms with Crippen LogP contribution in [-0.2, 0) is 6.54 Å². The van der Waals surface area contributed by atoms with Gasteiger partial charge >= 0.3 is 0 Å². The summed E-state index contributed by atoms with van der Waals surface area (Å²) >= 11 is 0. The number of hydrogen-bond donors (Lipinski definition) is 1. The van der Waals surface area contributed by atoms with E-state index in [0.717, 1.165) is 25.0 Å². The van der Waals surface area contributed by atoms with Crippen molar-refractivity contribution in [3.63, 3.8) is 0 Å². The first kappa shape index (κ1) is 10.6. The SMILES string of the molecule is NC1=NCC(C2CCC2)N1Cc1ccccc1. The molecular formula is C14H19N3. The largest absolute Gasteiger partial charge is 0.370 e. The lowest BCUT2D eigenvalue weighted by Crippen LogP contribution is -2.45. The first-order valence-corrected chi connectivity index (χ1v) is 6.45. The molecule has 2 aliphatic rings. The fraction of sp³-hybridized carbons (Fsp3) is 0.500. The van der Waals surface area contributed by atoms with Crippen molar-refractivity contribution in [2.45, 2.75) is 31.8 Å². The van der Waals surface area contributed by atoms with Crippen LogP contribution in [0.15, 0.2) is 35.3 Å². The van der Waals surface area contributed by atoms with Crippen molar-refractivity contribution in [1.82, 2.24) is 4.90 Å². The second-order valence-electron chi connectivity index (χ2n) is 5.07. The molecular weight excluding hydrogens is 210 g/mol. The van der Waals surface area contributed by atoms with Gasteiger partial charge in [0.15, 0.2) is 5.96 Å². The minimum Gasteiger partial charge on any atom is -0.370 e. The Balaban J connectivity index is 1.73. The maximum atomic E-state index is 6.01. The van der Waals surface area contributed by atoms with E-state index in [1.165, 1.54) is 24.8 Å². The number of benzene rings is 1. The van der Waals surface area contributed by atoms with Gasteiger partial charge in [-0.3, -0.25) is 4.99 Å². The van der Waals surface area contributed by atoms with Gasteiger partial charge in [-0.15, -0.1) is 0 Å². The summed E-state index contributed by atoms with van der Waals surface area (Å²) in [6.45, 7) is 1.79. The topological polar surface area (TPSA) is 41.6 Å². The van der Waals surface area contributed by atoms with Crippen LogP contribution < -0.4 is 5.73 Å². The number of nitrogens with zero attached hydrogens (tertiary/aromatic N) is 2. The summed E-state index contributed by atoms with van der Waals surface area (Å²) < 4.78 is 0. The third kappa shape index (κ3) is 2.02. The third-order valence-corrected chi connectivity index (χ3v) is 4.02. The van der Waals surface area contributed by atoms with Crippen molar-refractivity contribution in [3.05, 3.63) is 35.9 Å². The Morgan fingerprint density at radius 2 is 2.00 bits per heavy atom. The lowest BCUT2D eigenvalue weighted by Gasteiger charge is -2.37. The highest BCUT2D eigenvalue weighted by Gasteiger charge is 2.35. The summed E-state index contributed by atoms with van der Waals surface area (Å²) in [4.78, 5) is 6.71. The van der Waals surface area contributed by atoms with Crippen molar-refractivity contribution in [1.29, 1.82) is 0 Å². The van der Waals surface area contributed by atoms with E-state index < -0.39 is 0 Å². The van der Waals surface area contributed by atoms with E-state index in [1.54, 1.807) is 0 Å². The molecule has 1 saturated carbocycles. The van der Waals surface area contributed by atoms with Gasteiger partial charge in [0.05, 0.1) is 12.6 Å². The highest BCUT2D eigenvalue weighted by molar-refractivity contribution is 5.80. The molecule has 0 radical (unpaired) electrons. The molecule has 1 aromatic carbocycles. The van der Waals surface area contributed by atoms with Gasteiger partial charge in [-0.25, -0.2) is 0 Å². The van der Waals surface area contributed by atoms with E-state index in [-0.39, 0.29) is 0 Å². The van der Waals surface area contributed by atoms with Crippen LogP contribution >= 0.6 is 0 Å². The Morgan fingerprint density at radius 3 is 2.65 bits per heavy atom. The summed E-state index contributed by atoms with van der Waals surface area (Å²) in [6, 6.07) is 11.1. The van der Waals surface area contributed by atoms with Gasteiger partial charge in [0.2, 0.25) is 0 Å². The van der Waals surface area contributed by atoms with Crippen LogP contribution in [0.25, 0.3) is 0 Å². The molecule has 1 aromatic rings.